The van der Waals surface area contributed by atoms with Crippen LogP contribution in [0.15, 0.2) is 95.4 Å². The summed E-state index contributed by atoms with van der Waals surface area (Å²) in [6, 6.07) is 31.3. The van der Waals surface area contributed by atoms with Crippen molar-refractivity contribution < 1.29 is 21.8 Å². The molecule has 1 heterocycles. The Morgan fingerprint density at radius 3 is 1.70 bits per heavy atom. The van der Waals surface area contributed by atoms with E-state index in [4.69, 9.17) is 4.42 Å². The molecule has 0 fully saturated rings. The van der Waals surface area contributed by atoms with Crippen LogP contribution in [0.5, 0.6) is 0 Å². The van der Waals surface area contributed by atoms with Gasteiger partial charge in [-0.15, -0.1) is 24.8 Å². The summed E-state index contributed by atoms with van der Waals surface area (Å²) >= 11 is -3.82. The van der Waals surface area contributed by atoms with Crippen LogP contribution >= 0.6 is 24.8 Å². The summed E-state index contributed by atoms with van der Waals surface area (Å²) in [5.74, 6) is 2.00. The van der Waals surface area contributed by atoms with Gasteiger partial charge in [-0.05, 0) is 0 Å². The zero-order chi connectivity index (χ0) is 31.0. The molecule has 1 aromatic heterocycles. The fourth-order valence-electron chi connectivity index (χ4n) is 8.24. The van der Waals surface area contributed by atoms with Crippen LogP contribution in [0.1, 0.15) is 63.3 Å². The van der Waals surface area contributed by atoms with Crippen molar-refractivity contribution in [1.82, 2.24) is 0 Å². The van der Waals surface area contributed by atoms with Crippen molar-refractivity contribution >= 4 is 49.4 Å². The Kier molecular flexibility index (Phi) is 9.34. The van der Waals surface area contributed by atoms with Crippen LogP contribution < -0.4 is 0 Å². The second-order valence-electron chi connectivity index (χ2n) is 14.3. The maximum atomic E-state index is 6.47. The predicted octanol–water partition coefficient (Wildman–Crippen LogP) is 11.7. The fourth-order valence-corrected chi connectivity index (χ4v) is 24.9. The predicted molar refractivity (Wildman–Crippen MR) is 203 cm³/mol. The van der Waals surface area contributed by atoms with Gasteiger partial charge in [0.05, 0.1) is 0 Å². The van der Waals surface area contributed by atoms with E-state index in [2.05, 4.69) is 154 Å². The van der Waals surface area contributed by atoms with Crippen molar-refractivity contribution in [2.24, 2.45) is 0 Å². The molecule has 0 amide bonds. The molecule has 0 spiro atoms. The van der Waals surface area contributed by atoms with E-state index in [9.17, 15) is 0 Å². The minimum Gasteiger partial charge on any atom is -0.147 e. The summed E-state index contributed by atoms with van der Waals surface area (Å²) in [6.07, 6.45) is 7.53. The number of halogens is 2. The number of rotatable bonds is 5. The minimum absolute atomic E-state index is 0. The normalized spacial score (nSPS) is 16.7. The Morgan fingerprint density at radius 1 is 0.652 bits per heavy atom. The third kappa shape index (κ3) is 5.42. The number of fused-ring (bicyclic) bond motifs is 2. The molecule has 0 N–H and O–H groups in total. The van der Waals surface area contributed by atoms with Crippen molar-refractivity contribution in [3.63, 3.8) is 0 Å². The van der Waals surface area contributed by atoms with Crippen LogP contribution in [0, 0.1) is 34.6 Å². The molecule has 0 radical (unpaired) electrons. The van der Waals surface area contributed by atoms with Crippen LogP contribution in [-0.2, 0) is 17.4 Å². The average Bonchev–Trinajstić information content (AvgIpc) is 3.72. The van der Waals surface area contributed by atoms with Gasteiger partial charge in [-0.1, -0.05) is 0 Å². The molecule has 0 saturated heterocycles. The van der Waals surface area contributed by atoms with E-state index in [-0.39, 0.29) is 24.8 Å². The molecule has 0 saturated carbocycles. The first kappa shape index (κ1) is 34.6. The largest absolute Gasteiger partial charge is 0.147 e. The van der Waals surface area contributed by atoms with E-state index >= 15 is 0 Å². The third-order valence-electron chi connectivity index (χ3n) is 10.7. The summed E-state index contributed by atoms with van der Waals surface area (Å²) in [7, 11) is 0. The average molecular weight is 743 g/mol. The molecular weight excluding hydrogens is 699 g/mol. The number of benzene rings is 4. The first-order valence-corrected chi connectivity index (χ1v) is 29.6. The van der Waals surface area contributed by atoms with Gasteiger partial charge in [0.25, 0.3) is 0 Å². The second kappa shape index (κ2) is 12.4. The van der Waals surface area contributed by atoms with E-state index in [1.54, 1.807) is 0 Å². The molecule has 236 valence electrons. The first-order valence-electron chi connectivity index (χ1n) is 15.9. The van der Waals surface area contributed by atoms with Gasteiger partial charge < -0.3 is 0 Å². The van der Waals surface area contributed by atoms with Gasteiger partial charge in [0.15, 0.2) is 0 Å². The third-order valence-corrected chi connectivity index (χ3v) is 28.1. The van der Waals surface area contributed by atoms with Crippen LogP contribution in [0.4, 0.5) is 0 Å². The molecule has 7 rings (SSSR count). The Bertz CT molecular complexity index is 2100. The standard InChI is InChI=1S/C22H19O.C17H15.2CH3.2ClH.H2Si.Zr/c1-14-11-18-12-19(21-10-9-15(2)23-21)13-20(18)22(16(14)3)17-7-5-4-6-8-17;1-12-11-15-9-6-10-16(15)17(13(12)2)14-7-4-3-5-8-14;;;;;;/h4-13H,1-3H3;3-11H,1-2H3;2*1H3;2*1H;1H2;. The monoisotopic (exact) mass is 740 g/mol. The van der Waals surface area contributed by atoms with E-state index < -0.39 is 17.4 Å². The van der Waals surface area contributed by atoms with E-state index in [1.807, 2.05) is 0 Å². The van der Waals surface area contributed by atoms with Gasteiger partial charge in [-0.2, -0.15) is 0 Å². The van der Waals surface area contributed by atoms with Gasteiger partial charge in [-0.25, -0.2) is 0 Å². The zero-order valence-electron chi connectivity index (χ0n) is 27.9. The molecule has 2 unspecified atom stereocenters. The van der Waals surface area contributed by atoms with E-state index in [1.165, 1.54) is 72.3 Å². The molecule has 2 atom stereocenters. The van der Waals surface area contributed by atoms with Crippen molar-refractivity contribution in [2.75, 3.05) is 0 Å². The molecule has 5 heteroatoms. The molecule has 2 aliphatic rings. The van der Waals surface area contributed by atoms with Gasteiger partial charge in [0.2, 0.25) is 0 Å². The molecule has 46 heavy (non-hydrogen) atoms. The van der Waals surface area contributed by atoms with Crippen LogP contribution in [0.25, 0.3) is 40.0 Å². The first-order chi connectivity index (χ1) is 20.9. The molecular formula is C41H44Cl2OSiZr. The molecule has 5 aromatic rings. The van der Waals surface area contributed by atoms with Crippen LogP contribution in [0.3, 0.4) is 0 Å². The van der Waals surface area contributed by atoms with Crippen LogP contribution in [-0.4, -0.2) is 6.88 Å². The second-order valence-corrected chi connectivity index (χ2v) is 44.9. The minimum atomic E-state index is -3.82. The quantitative estimate of drug-likeness (QED) is 0.163. The van der Waals surface area contributed by atoms with Gasteiger partial charge in [-0.3, -0.25) is 0 Å². The zero-order valence-corrected chi connectivity index (χ0v) is 33.4. The smallest absolute Gasteiger partial charge is 0.147 e. The van der Waals surface area contributed by atoms with E-state index in [0.29, 0.717) is 7.25 Å². The Labute approximate surface area is 289 Å². The van der Waals surface area contributed by atoms with Crippen LogP contribution in [0.2, 0.25) is 9.26 Å². The van der Waals surface area contributed by atoms with Gasteiger partial charge >= 0.3 is 267 Å². The van der Waals surface area contributed by atoms with Gasteiger partial charge in [0.1, 0.15) is 0 Å². The Hall–Kier alpha value is -2.68. The van der Waals surface area contributed by atoms with E-state index in [0.717, 1.165) is 11.5 Å². The topological polar surface area (TPSA) is 13.1 Å². The van der Waals surface area contributed by atoms with Crippen molar-refractivity contribution in [3.05, 3.63) is 147 Å². The summed E-state index contributed by atoms with van der Waals surface area (Å²) < 4.78 is 12.6. The molecule has 0 bridgehead atoms. The number of allylic oxidation sites excluding steroid dienone is 2. The molecule has 4 aromatic carbocycles. The van der Waals surface area contributed by atoms with Crippen molar-refractivity contribution in [3.8, 4) is 22.3 Å². The number of hydrogen-bond donors (Lipinski definition) is 0. The van der Waals surface area contributed by atoms with Gasteiger partial charge in [0, 0.05) is 0 Å². The van der Waals surface area contributed by atoms with Crippen molar-refractivity contribution in [1.29, 1.82) is 0 Å². The molecule has 1 nitrogen and oxygen atoms in total. The Morgan fingerprint density at radius 2 is 1.17 bits per heavy atom. The number of aryl methyl sites for hydroxylation is 3. The summed E-state index contributed by atoms with van der Waals surface area (Å²) in [5, 5.41) is 0. The molecule has 2 aliphatic carbocycles. The Balaban J connectivity index is 0.00000208. The molecule has 0 aliphatic heterocycles. The number of hydrogen-bond acceptors (Lipinski definition) is 1. The van der Waals surface area contributed by atoms with Crippen molar-refractivity contribution in [2.45, 2.75) is 51.1 Å². The fraction of sp³-hybridized carbons (Fsp3) is 0.220. The summed E-state index contributed by atoms with van der Waals surface area (Å²) in [4.78, 5) is 0. The summed E-state index contributed by atoms with van der Waals surface area (Å²) in [5.41, 5.74) is 18.1. The maximum Gasteiger partial charge on any atom is -0.147 e. The summed E-state index contributed by atoms with van der Waals surface area (Å²) in [6.45, 7) is 13.6. The maximum absolute atomic E-state index is 6.47. The number of furan rings is 1. The SMILES string of the molecule is Cc1ccc(C2=Cc3c(cc(C)c(C)c3-c3ccccc3)[CH]2[Zr]([CH3])([CH3])(=[SiH2])[CH]2C=Cc3c2cc(C)c(C)c3-c2ccccc2)o1.Cl.Cl.